The Balaban J connectivity index is 0.00000200. The van der Waals surface area contributed by atoms with Gasteiger partial charge < -0.3 is 10.2 Å². The van der Waals surface area contributed by atoms with Gasteiger partial charge in [0.15, 0.2) is 0 Å². The fourth-order valence-electron chi connectivity index (χ4n) is 3.86. The van der Waals surface area contributed by atoms with E-state index in [9.17, 15) is 0 Å². The molecule has 0 amide bonds. The van der Waals surface area contributed by atoms with E-state index in [0.717, 1.165) is 6.04 Å². The lowest BCUT2D eigenvalue weighted by atomic mass is 9.79. The van der Waals surface area contributed by atoms with Gasteiger partial charge in [-0.15, -0.1) is 12.4 Å². The molecule has 0 aliphatic carbocycles. The predicted octanol–water partition coefficient (Wildman–Crippen LogP) is 2.60. The van der Waals surface area contributed by atoms with E-state index in [4.69, 9.17) is 0 Å². The van der Waals surface area contributed by atoms with E-state index in [0.29, 0.717) is 5.41 Å². The van der Waals surface area contributed by atoms with E-state index >= 15 is 0 Å². The van der Waals surface area contributed by atoms with Crippen LogP contribution < -0.4 is 5.32 Å². The largest absolute Gasteiger partial charge is 0.314 e. The summed E-state index contributed by atoms with van der Waals surface area (Å²) in [5, 5.41) is 3.46. The van der Waals surface area contributed by atoms with Crippen LogP contribution in [0.2, 0.25) is 0 Å². The van der Waals surface area contributed by atoms with Crippen LogP contribution in [0.5, 0.6) is 0 Å². The Kier molecular flexibility index (Phi) is 7.81. The molecule has 1 unspecified atom stereocenters. The van der Waals surface area contributed by atoms with Crippen molar-refractivity contribution in [2.75, 3.05) is 45.8 Å². The van der Waals surface area contributed by atoms with Crippen LogP contribution in [-0.2, 0) is 0 Å². The second-order valence-corrected chi connectivity index (χ2v) is 6.52. The second kappa shape index (κ2) is 8.57. The normalized spacial score (nSPS) is 25.6. The van der Waals surface area contributed by atoms with Gasteiger partial charge in [-0.1, -0.05) is 20.8 Å². The maximum absolute atomic E-state index is 3.46. The molecule has 2 fully saturated rings. The van der Waals surface area contributed by atoms with E-state index in [1.54, 1.807) is 0 Å². The van der Waals surface area contributed by atoms with Gasteiger partial charge >= 0.3 is 0 Å². The Bertz CT molecular complexity index is 254. The maximum Gasteiger partial charge on any atom is 0.0236 e. The van der Waals surface area contributed by atoms with Gasteiger partial charge in [-0.2, -0.15) is 0 Å². The Hall–Kier alpha value is 0.170. The molecule has 120 valence electrons. The van der Waals surface area contributed by atoms with Crippen LogP contribution in [0.25, 0.3) is 0 Å². The van der Waals surface area contributed by atoms with Gasteiger partial charge in [0.2, 0.25) is 0 Å². The van der Waals surface area contributed by atoms with Crippen LogP contribution in [0.1, 0.15) is 46.5 Å². The minimum absolute atomic E-state index is 0. The Morgan fingerprint density at radius 2 is 1.60 bits per heavy atom. The fraction of sp³-hybridized carbons (Fsp3) is 1.00. The first-order valence-corrected chi connectivity index (χ1v) is 8.40. The molecular formula is C16H34ClN3. The SMILES string of the molecule is CCC(CC)(CC)CN1CCC(N2CCNCC2)C1.Cl. The summed E-state index contributed by atoms with van der Waals surface area (Å²) in [7, 11) is 0. The Labute approximate surface area is 131 Å². The molecule has 2 aliphatic heterocycles. The number of likely N-dealkylation sites (tertiary alicyclic amines) is 1. The van der Waals surface area contributed by atoms with Gasteiger partial charge in [-0.05, 0) is 37.6 Å². The molecule has 1 N–H and O–H groups in total. The molecule has 0 aromatic rings. The van der Waals surface area contributed by atoms with Crippen molar-refractivity contribution in [1.29, 1.82) is 0 Å². The number of hydrogen-bond acceptors (Lipinski definition) is 3. The second-order valence-electron chi connectivity index (χ2n) is 6.52. The molecule has 2 heterocycles. The van der Waals surface area contributed by atoms with Gasteiger partial charge in [-0.25, -0.2) is 0 Å². The summed E-state index contributed by atoms with van der Waals surface area (Å²) in [4.78, 5) is 5.45. The average Bonchev–Trinajstić information content (AvgIpc) is 2.94. The predicted molar refractivity (Wildman–Crippen MR) is 89.8 cm³/mol. The summed E-state index contributed by atoms with van der Waals surface area (Å²) >= 11 is 0. The first kappa shape index (κ1) is 18.2. The Morgan fingerprint density at radius 1 is 1.00 bits per heavy atom. The van der Waals surface area contributed by atoms with Crippen LogP contribution >= 0.6 is 12.4 Å². The van der Waals surface area contributed by atoms with Crippen molar-refractivity contribution in [2.24, 2.45) is 5.41 Å². The number of halogens is 1. The third kappa shape index (κ3) is 4.33. The van der Waals surface area contributed by atoms with Crippen molar-refractivity contribution in [3.8, 4) is 0 Å². The summed E-state index contributed by atoms with van der Waals surface area (Å²) in [6, 6.07) is 0.824. The molecular weight excluding hydrogens is 270 g/mol. The lowest BCUT2D eigenvalue weighted by Crippen LogP contribution is -2.49. The molecule has 1 atom stereocenters. The topological polar surface area (TPSA) is 18.5 Å². The lowest BCUT2D eigenvalue weighted by molar-refractivity contribution is 0.132. The highest BCUT2D eigenvalue weighted by Crippen LogP contribution is 2.32. The summed E-state index contributed by atoms with van der Waals surface area (Å²) < 4.78 is 0. The van der Waals surface area contributed by atoms with Crippen LogP contribution in [0.3, 0.4) is 0 Å². The molecule has 4 heteroatoms. The lowest BCUT2D eigenvalue weighted by Gasteiger charge is -2.36. The number of piperazine rings is 1. The standard InChI is InChI=1S/C16H33N3.ClH/c1-4-16(5-2,6-3)14-18-10-7-15(13-18)19-11-8-17-9-12-19;/h15,17H,4-14H2,1-3H3;1H. The molecule has 2 rings (SSSR count). The highest BCUT2D eigenvalue weighted by atomic mass is 35.5. The quantitative estimate of drug-likeness (QED) is 0.814. The van der Waals surface area contributed by atoms with Crippen LogP contribution in [0, 0.1) is 5.41 Å². The van der Waals surface area contributed by atoms with Crippen molar-refractivity contribution < 1.29 is 0 Å². The molecule has 20 heavy (non-hydrogen) atoms. The molecule has 0 radical (unpaired) electrons. The number of rotatable bonds is 6. The van der Waals surface area contributed by atoms with Crippen molar-refractivity contribution in [2.45, 2.75) is 52.5 Å². The van der Waals surface area contributed by atoms with Crippen molar-refractivity contribution >= 4 is 12.4 Å². The minimum atomic E-state index is 0. The molecule has 0 aromatic carbocycles. The van der Waals surface area contributed by atoms with E-state index in [1.807, 2.05) is 0 Å². The smallest absolute Gasteiger partial charge is 0.0236 e. The average molecular weight is 304 g/mol. The maximum atomic E-state index is 3.46. The van der Waals surface area contributed by atoms with Crippen LogP contribution in [-0.4, -0.2) is 61.7 Å². The van der Waals surface area contributed by atoms with Crippen molar-refractivity contribution in [3.63, 3.8) is 0 Å². The third-order valence-corrected chi connectivity index (χ3v) is 5.72. The molecule has 0 bridgehead atoms. The summed E-state index contributed by atoms with van der Waals surface area (Å²) in [5.41, 5.74) is 0.568. The molecule has 2 saturated heterocycles. The summed E-state index contributed by atoms with van der Waals surface area (Å²) in [6.07, 6.45) is 5.37. The van der Waals surface area contributed by atoms with E-state index in [-0.39, 0.29) is 12.4 Å². The number of hydrogen-bond donors (Lipinski definition) is 1. The molecule has 2 aliphatic rings. The highest BCUT2D eigenvalue weighted by Gasteiger charge is 2.33. The summed E-state index contributed by atoms with van der Waals surface area (Å²) in [5.74, 6) is 0. The van der Waals surface area contributed by atoms with Gasteiger partial charge in [0.05, 0.1) is 0 Å². The van der Waals surface area contributed by atoms with E-state index < -0.39 is 0 Å². The molecule has 0 aromatic heterocycles. The van der Waals surface area contributed by atoms with Gasteiger partial charge in [0.1, 0.15) is 0 Å². The highest BCUT2D eigenvalue weighted by molar-refractivity contribution is 5.85. The van der Waals surface area contributed by atoms with Crippen LogP contribution in [0.15, 0.2) is 0 Å². The van der Waals surface area contributed by atoms with E-state index in [1.165, 1.54) is 71.5 Å². The van der Waals surface area contributed by atoms with E-state index in [2.05, 4.69) is 35.9 Å². The van der Waals surface area contributed by atoms with Gasteiger partial charge in [-0.3, -0.25) is 4.90 Å². The van der Waals surface area contributed by atoms with Crippen molar-refractivity contribution in [3.05, 3.63) is 0 Å². The zero-order valence-corrected chi connectivity index (χ0v) is 14.5. The fourth-order valence-corrected chi connectivity index (χ4v) is 3.86. The Morgan fingerprint density at radius 3 is 2.15 bits per heavy atom. The molecule has 0 spiro atoms. The van der Waals surface area contributed by atoms with Gasteiger partial charge in [0, 0.05) is 45.3 Å². The summed E-state index contributed by atoms with van der Waals surface area (Å²) in [6.45, 7) is 15.9. The minimum Gasteiger partial charge on any atom is -0.314 e. The first-order chi connectivity index (χ1) is 9.23. The molecule has 3 nitrogen and oxygen atoms in total. The zero-order valence-electron chi connectivity index (χ0n) is 13.7. The van der Waals surface area contributed by atoms with Crippen LogP contribution in [0.4, 0.5) is 0 Å². The zero-order chi connectivity index (χ0) is 13.7. The van der Waals surface area contributed by atoms with Gasteiger partial charge in [0.25, 0.3) is 0 Å². The molecule has 0 saturated carbocycles. The van der Waals surface area contributed by atoms with Crippen molar-refractivity contribution in [1.82, 2.24) is 15.1 Å². The third-order valence-electron chi connectivity index (χ3n) is 5.72. The number of nitrogens with one attached hydrogen (secondary N) is 1. The monoisotopic (exact) mass is 303 g/mol. The first-order valence-electron chi connectivity index (χ1n) is 8.40. The number of nitrogens with zero attached hydrogens (tertiary/aromatic N) is 2.